The van der Waals surface area contributed by atoms with Crippen molar-refractivity contribution in [2.24, 2.45) is 0 Å². The second-order valence-corrected chi connectivity index (χ2v) is 6.88. The average Bonchev–Trinajstić information content (AvgIpc) is 3.04. The molecule has 0 bridgehead atoms. The van der Waals surface area contributed by atoms with Crippen LogP contribution in [0.1, 0.15) is 38.0 Å². The first-order valence-corrected chi connectivity index (χ1v) is 8.55. The first-order valence-electron chi connectivity index (χ1n) is 6.74. The average molecular weight is 325 g/mol. The summed E-state index contributed by atoms with van der Waals surface area (Å²) in [5, 5.41) is 16.7. The van der Waals surface area contributed by atoms with Gasteiger partial charge in [0, 0.05) is 19.4 Å². The van der Waals surface area contributed by atoms with Crippen LogP contribution in [0.25, 0.3) is 0 Å². The van der Waals surface area contributed by atoms with Crippen LogP contribution in [0.4, 0.5) is 5.13 Å². The molecule has 1 aliphatic carbocycles. The van der Waals surface area contributed by atoms with Crippen LogP contribution in [-0.4, -0.2) is 32.3 Å². The lowest BCUT2D eigenvalue weighted by Gasteiger charge is -2.17. The van der Waals surface area contributed by atoms with E-state index in [-0.39, 0.29) is 5.91 Å². The molecular weight excluding hydrogens is 310 g/mol. The zero-order valence-electron chi connectivity index (χ0n) is 11.8. The van der Waals surface area contributed by atoms with Gasteiger partial charge in [0.2, 0.25) is 22.8 Å². The van der Waals surface area contributed by atoms with Crippen LogP contribution in [-0.2, 0) is 10.5 Å². The van der Waals surface area contributed by atoms with Crippen LogP contribution in [0.15, 0.2) is 8.76 Å². The molecule has 112 valence electrons. The van der Waals surface area contributed by atoms with E-state index in [0.29, 0.717) is 35.1 Å². The number of hydrogen-bond donors (Lipinski definition) is 0. The lowest BCUT2D eigenvalue weighted by Crippen LogP contribution is -2.32. The number of carbonyl (C=O) groups excluding carboxylic acids is 1. The molecule has 0 radical (unpaired) electrons. The smallest absolute Gasteiger partial charge is 0.228 e. The Kier molecular flexibility index (Phi) is 4.20. The molecule has 1 amide bonds. The number of aryl methyl sites for hydroxylation is 1. The van der Waals surface area contributed by atoms with Gasteiger partial charge in [-0.15, -0.1) is 20.4 Å². The van der Waals surface area contributed by atoms with Gasteiger partial charge < -0.3 is 4.42 Å². The van der Waals surface area contributed by atoms with Crippen LogP contribution in [0.3, 0.4) is 0 Å². The molecule has 2 heterocycles. The zero-order valence-corrected chi connectivity index (χ0v) is 13.4. The van der Waals surface area contributed by atoms with E-state index >= 15 is 0 Å². The standard InChI is InChI=1S/C12H15N5O2S2/c1-3-10(18)17(8-4-5-8)11-15-16-12(21-11)20-6-9-14-13-7(2)19-9/h8H,3-6H2,1-2H3. The van der Waals surface area contributed by atoms with E-state index in [1.54, 1.807) is 11.8 Å². The molecule has 0 aromatic carbocycles. The Morgan fingerprint density at radius 3 is 2.81 bits per heavy atom. The number of rotatable bonds is 6. The minimum atomic E-state index is 0.109. The van der Waals surface area contributed by atoms with Crippen molar-refractivity contribution in [1.29, 1.82) is 0 Å². The number of carbonyl (C=O) groups is 1. The third kappa shape index (κ3) is 3.41. The van der Waals surface area contributed by atoms with Gasteiger partial charge in [0.05, 0.1) is 5.75 Å². The predicted octanol–water partition coefficient (Wildman–Crippen LogP) is 2.43. The van der Waals surface area contributed by atoms with E-state index in [1.807, 2.05) is 6.92 Å². The van der Waals surface area contributed by atoms with Crippen LogP contribution in [0, 0.1) is 6.92 Å². The number of aromatic nitrogens is 4. The highest BCUT2D eigenvalue weighted by molar-refractivity contribution is 8.00. The fourth-order valence-corrected chi connectivity index (χ4v) is 3.61. The van der Waals surface area contributed by atoms with Gasteiger partial charge in [-0.1, -0.05) is 30.0 Å². The quantitative estimate of drug-likeness (QED) is 0.595. The van der Waals surface area contributed by atoms with Crippen LogP contribution in [0.2, 0.25) is 0 Å². The number of amides is 1. The molecule has 21 heavy (non-hydrogen) atoms. The summed E-state index contributed by atoms with van der Waals surface area (Å²) in [4.78, 5) is 13.8. The third-order valence-electron chi connectivity index (χ3n) is 2.97. The summed E-state index contributed by atoms with van der Waals surface area (Å²) < 4.78 is 6.11. The third-order valence-corrected chi connectivity index (χ3v) is 5.01. The molecule has 0 spiro atoms. The molecule has 0 N–H and O–H groups in total. The Morgan fingerprint density at radius 2 is 2.19 bits per heavy atom. The first-order chi connectivity index (χ1) is 10.2. The second kappa shape index (κ2) is 6.10. The molecule has 3 rings (SSSR count). The van der Waals surface area contributed by atoms with Gasteiger partial charge in [0.1, 0.15) is 0 Å². The molecule has 0 aliphatic heterocycles. The van der Waals surface area contributed by atoms with Crippen molar-refractivity contribution in [2.45, 2.75) is 49.2 Å². The Bertz CT molecular complexity index is 637. The maximum atomic E-state index is 12.0. The summed E-state index contributed by atoms with van der Waals surface area (Å²) in [5.41, 5.74) is 0. The van der Waals surface area contributed by atoms with E-state index in [4.69, 9.17) is 4.42 Å². The molecular formula is C12H15N5O2S2. The normalized spacial score (nSPS) is 14.4. The molecule has 1 fully saturated rings. The van der Waals surface area contributed by atoms with Crippen molar-refractivity contribution in [3.8, 4) is 0 Å². The van der Waals surface area contributed by atoms with E-state index in [0.717, 1.165) is 17.2 Å². The molecule has 0 saturated heterocycles. The minimum absolute atomic E-state index is 0.109. The molecule has 0 atom stereocenters. The van der Waals surface area contributed by atoms with Crippen molar-refractivity contribution < 1.29 is 9.21 Å². The maximum absolute atomic E-state index is 12.0. The molecule has 0 unspecified atom stereocenters. The molecule has 7 nitrogen and oxygen atoms in total. The highest BCUT2D eigenvalue weighted by Crippen LogP contribution is 2.36. The Hall–Kier alpha value is -1.48. The van der Waals surface area contributed by atoms with E-state index < -0.39 is 0 Å². The summed E-state index contributed by atoms with van der Waals surface area (Å²) >= 11 is 2.92. The molecule has 1 saturated carbocycles. The van der Waals surface area contributed by atoms with E-state index in [2.05, 4.69) is 20.4 Å². The predicted molar refractivity (Wildman–Crippen MR) is 79.3 cm³/mol. The van der Waals surface area contributed by atoms with E-state index in [9.17, 15) is 4.79 Å². The van der Waals surface area contributed by atoms with Gasteiger partial charge >= 0.3 is 0 Å². The second-order valence-electron chi connectivity index (χ2n) is 4.70. The summed E-state index contributed by atoms with van der Waals surface area (Å²) in [6.45, 7) is 3.63. The van der Waals surface area contributed by atoms with Gasteiger partial charge in [-0.05, 0) is 12.8 Å². The number of nitrogens with zero attached hydrogens (tertiary/aromatic N) is 5. The van der Waals surface area contributed by atoms with Crippen molar-refractivity contribution in [2.75, 3.05) is 4.90 Å². The SMILES string of the molecule is CCC(=O)N(c1nnc(SCc2nnc(C)o2)s1)C1CC1. The van der Waals surface area contributed by atoms with Crippen LogP contribution >= 0.6 is 23.1 Å². The van der Waals surface area contributed by atoms with E-state index in [1.165, 1.54) is 23.1 Å². The van der Waals surface area contributed by atoms with Gasteiger partial charge in [-0.25, -0.2) is 0 Å². The Balaban J connectivity index is 1.66. The largest absolute Gasteiger partial charge is 0.425 e. The minimum Gasteiger partial charge on any atom is -0.425 e. The van der Waals surface area contributed by atoms with Gasteiger partial charge in [0.15, 0.2) is 4.34 Å². The van der Waals surface area contributed by atoms with Crippen molar-refractivity contribution in [1.82, 2.24) is 20.4 Å². The monoisotopic (exact) mass is 325 g/mol. The topological polar surface area (TPSA) is 85.0 Å². The number of anilines is 1. The highest BCUT2D eigenvalue weighted by Gasteiger charge is 2.35. The van der Waals surface area contributed by atoms with Crippen LogP contribution < -0.4 is 4.90 Å². The summed E-state index contributed by atoms with van der Waals surface area (Å²) in [6, 6.07) is 0.307. The van der Waals surface area contributed by atoms with Crippen molar-refractivity contribution >= 4 is 34.1 Å². The van der Waals surface area contributed by atoms with Gasteiger partial charge in [-0.2, -0.15) is 0 Å². The highest BCUT2D eigenvalue weighted by atomic mass is 32.2. The summed E-state index contributed by atoms with van der Waals surface area (Å²) in [7, 11) is 0. The molecule has 1 aliphatic rings. The molecule has 2 aromatic heterocycles. The summed E-state index contributed by atoms with van der Waals surface area (Å²) in [6.07, 6.45) is 2.59. The number of hydrogen-bond acceptors (Lipinski definition) is 8. The molecule has 9 heteroatoms. The lowest BCUT2D eigenvalue weighted by atomic mass is 10.4. The van der Waals surface area contributed by atoms with Gasteiger partial charge in [0.25, 0.3) is 0 Å². The maximum Gasteiger partial charge on any atom is 0.228 e. The molecule has 2 aromatic rings. The zero-order chi connectivity index (χ0) is 14.8. The Morgan fingerprint density at radius 1 is 1.38 bits per heavy atom. The summed E-state index contributed by atoms with van der Waals surface area (Å²) in [5.74, 6) is 1.79. The number of thioether (sulfide) groups is 1. The first kappa shape index (κ1) is 14.5. The van der Waals surface area contributed by atoms with Gasteiger partial charge in [-0.3, -0.25) is 9.69 Å². The fraction of sp³-hybridized carbons (Fsp3) is 0.583. The van der Waals surface area contributed by atoms with Crippen molar-refractivity contribution in [3.63, 3.8) is 0 Å². The van der Waals surface area contributed by atoms with Crippen LogP contribution in [0.5, 0.6) is 0 Å². The lowest BCUT2D eigenvalue weighted by molar-refractivity contribution is -0.118. The fourth-order valence-electron chi connectivity index (χ4n) is 1.85. The van der Waals surface area contributed by atoms with Crippen molar-refractivity contribution in [3.05, 3.63) is 11.8 Å². The Labute approximate surface area is 130 Å².